The average molecular weight is 290 g/mol. The molecule has 6 heteroatoms. The SMILES string of the molecule is Nc1nc(NC2CCCCC2CO)c(Cl)cc1Cl. The molecule has 4 N–H and O–H groups in total. The molecule has 100 valence electrons. The van der Waals surface area contributed by atoms with E-state index >= 15 is 0 Å². The molecule has 1 fully saturated rings. The first-order valence-corrected chi connectivity index (χ1v) is 6.86. The van der Waals surface area contributed by atoms with Crippen molar-refractivity contribution >= 4 is 34.8 Å². The zero-order valence-electron chi connectivity index (χ0n) is 10.00. The quantitative estimate of drug-likeness (QED) is 0.800. The maximum absolute atomic E-state index is 9.37. The van der Waals surface area contributed by atoms with Gasteiger partial charge in [0.2, 0.25) is 0 Å². The summed E-state index contributed by atoms with van der Waals surface area (Å²) in [7, 11) is 0. The number of pyridine rings is 1. The van der Waals surface area contributed by atoms with Gasteiger partial charge in [-0.15, -0.1) is 0 Å². The highest BCUT2D eigenvalue weighted by Gasteiger charge is 2.25. The first-order chi connectivity index (χ1) is 8.61. The second kappa shape index (κ2) is 5.95. The van der Waals surface area contributed by atoms with E-state index < -0.39 is 0 Å². The van der Waals surface area contributed by atoms with Crippen LogP contribution in [0.25, 0.3) is 0 Å². The van der Waals surface area contributed by atoms with E-state index in [1.54, 1.807) is 6.07 Å². The molecule has 1 aliphatic carbocycles. The first-order valence-electron chi connectivity index (χ1n) is 6.10. The Morgan fingerprint density at radius 2 is 2.06 bits per heavy atom. The maximum atomic E-state index is 9.37. The fourth-order valence-corrected chi connectivity index (χ4v) is 2.79. The Labute approximate surface area is 116 Å². The van der Waals surface area contributed by atoms with Crippen molar-refractivity contribution in [2.75, 3.05) is 17.7 Å². The zero-order valence-corrected chi connectivity index (χ0v) is 11.5. The Morgan fingerprint density at radius 1 is 1.33 bits per heavy atom. The lowest BCUT2D eigenvalue weighted by Gasteiger charge is -2.31. The van der Waals surface area contributed by atoms with Gasteiger partial charge in [-0.25, -0.2) is 4.98 Å². The fourth-order valence-electron chi connectivity index (χ4n) is 2.37. The third-order valence-corrected chi connectivity index (χ3v) is 4.01. The standard InChI is InChI=1S/C12H17Cl2N3O/c13-8-5-9(14)12(17-11(8)15)16-10-4-2-1-3-7(10)6-18/h5,7,10,18H,1-4,6H2,(H3,15,16,17). The van der Waals surface area contributed by atoms with Gasteiger partial charge >= 0.3 is 0 Å². The smallest absolute Gasteiger partial charge is 0.147 e. The summed E-state index contributed by atoms with van der Waals surface area (Å²) in [5, 5.41) is 13.5. The molecule has 2 atom stereocenters. The summed E-state index contributed by atoms with van der Waals surface area (Å²) in [5.41, 5.74) is 5.67. The monoisotopic (exact) mass is 289 g/mol. The number of nitrogens with zero attached hydrogens (tertiary/aromatic N) is 1. The number of nitrogen functional groups attached to an aromatic ring is 1. The summed E-state index contributed by atoms with van der Waals surface area (Å²) in [6.07, 6.45) is 4.34. The molecule has 2 unspecified atom stereocenters. The van der Waals surface area contributed by atoms with E-state index in [1.165, 1.54) is 0 Å². The van der Waals surface area contributed by atoms with Crippen LogP contribution in [0.4, 0.5) is 11.6 Å². The van der Waals surface area contributed by atoms with E-state index in [-0.39, 0.29) is 24.4 Å². The first kappa shape index (κ1) is 13.7. The zero-order chi connectivity index (χ0) is 13.1. The van der Waals surface area contributed by atoms with Crippen LogP contribution in [0.2, 0.25) is 10.0 Å². The van der Waals surface area contributed by atoms with Crippen molar-refractivity contribution in [3.63, 3.8) is 0 Å². The van der Waals surface area contributed by atoms with Gasteiger partial charge in [0, 0.05) is 18.6 Å². The number of anilines is 2. The number of aliphatic hydroxyl groups is 1. The van der Waals surface area contributed by atoms with Crippen molar-refractivity contribution in [2.45, 2.75) is 31.7 Å². The number of aromatic nitrogens is 1. The summed E-state index contributed by atoms with van der Waals surface area (Å²) >= 11 is 11.9. The fraction of sp³-hybridized carbons (Fsp3) is 0.583. The highest BCUT2D eigenvalue weighted by molar-refractivity contribution is 6.37. The largest absolute Gasteiger partial charge is 0.396 e. The Balaban J connectivity index is 2.15. The minimum absolute atomic E-state index is 0.179. The minimum atomic E-state index is 0.179. The topological polar surface area (TPSA) is 71.2 Å². The molecule has 1 aliphatic rings. The summed E-state index contributed by atoms with van der Waals surface area (Å²) in [6, 6.07) is 1.78. The number of rotatable bonds is 3. The van der Waals surface area contributed by atoms with Crippen LogP contribution in [0.3, 0.4) is 0 Å². The van der Waals surface area contributed by atoms with Gasteiger partial charge in [-0.3, -0.25) is 0 Å². The molecule has 0 amide bonds. The molecule has 0 aromatic carbocycles. The van der Waals surface area contributed by atoms with E-state index in [1.807, 2.05) is 0 Å². The highest BCUT2D eigenvalue weighted by Crippen LogP contribution is 2.31. The molecular weight excluding hydrogens is 273 g/mol. The van der Waals surface area contributed by atoms with Gasteiger partial charge in [-0.05, 0) is 18.9 Å². The van der Waals surface area contributed by atoms with E-state index in [4.69, 9.17) is 28.9 Å². The number of hydrogen-bond donors (Lipinski definition) is 3. The Kier molecular flexibility index (Phi) is 4.54. The number of nitrogens with one attached hydrogen (secondary N) is 1. The summed E-state index contributed by atoms with van der Waals surface area (Å²) in [5.74, 6) is 1.05. The molecule has 0 bridgehead atoms. The average Bonchev–Trinajstić information content (AvgIpc) is 2.36. The lowest BCUT2D eigenvalue weighted by atomic mass is 9.85. The summed E-state index contributed by atoms with van der Waals surface area (Å²) in [6.45, 7) is 0.179. The second-order valence-electron chi connectivity index (χ2n) is 4.66. The molecule has 0 aliphatic heterocycles. The van der Waals surface area contributed by atoms with Gasteiger partial charge in [0.15, 0.2) is 0 Å². The number of nitrogens with two attached hydrogens (primary N) is 1. The third-order valence-electron chi connectivity index (χ3n) is 3.42. The van der Waals surface area contributed by atoms with Gasteiger partial charge < -0.3 is 16.2 Å². The molecule has 0 spiro atoms. The van der Waals surface area contributed by atoms with Crippen molar-refractivity contribution < 1.29 is 5.11 Å². The summed E-state index contributed by atoms with van der Waals surface area (Å²) < 4.78 is 0. The van der Waals surface area contributed by atoms with Gasteiger partial charge in [-0.1, -0.05) is 36.0 Å². The predicted octanol–water partition coefficient (Wildman–Crippen LogP) is 2.93. The minimum Gasteiger partial charge on any atom is -0.396 e. The summed E-state index contributed by atoms with van der Waals surface area (Å²) in [4.78, 5) is 4.16. The van der Waals surface area contributed by atoms with Gasteiger partial charge in [0.1, 0.15) is 11.6 Å². The number of aliphatic hydroxyl groups excluding tert-OH is 1. The molecule has 2 rings (SSSR count). The van der Waals surface area contributed by atoms with Crippen LogP contribution < -0.4 is 11.1 Å². The van der Waals surface area contributed by atoms with Crippen LogP contribution >= 0.6 is 23.2 Å². The molecule has 1 aromatic heterocycles. The van der Waals surface area contributed by atoms with Crippen LogP contribution in [0.5, 0.6) is 0 Å². The Hall–Kier alpha value is -0.710. The van der Waals surface area contributed by atoms with Gasteiger partial charge in [0.05, 0.1) is 10.0 Å². The van der Waals surface area contributed by atoms with Crippen molar-refractivity contribution in [3.8, 4) is 0 Å². The predicted molar refractivity (Wildman–Crippen MR) is 75.1 cm³/mol. The molecule has 0 radical (unpaired) electrons. The van der Waals surface area contributed by atoms with Crippen LogP contribution in [0, 0.1) is 5.92 Å². The van der Waals surface area contributed by atoms with Crippen molar-refractivity contribution in [1.29, 1.82) is 0 Å². The van der Waals surface area contributed by atoms with Crippen LogP contribution in [0.15, 0.2) is 6.07 Å². The lowest BCUT2D eigenvalue weighted by molar-refractivity contribution is 0.178. The molecular formula is C12H17Cl2N3O. The van der Waals surface area contributed by atoms with E-state index in [0.717, 1.165) is 25.7 Å². The second-order valence-corrected chi connectivity index (χ2v) is 5.48. The third kappa shape index (κ3) is 2.99. The van der Waals surface area contributed by atoms with Crippen LogP contribution in [0.1, 0.15) is 25.7 Å². The van der Waals surface area contributed by atoms with E-state index in [2.05, 4.69) is 10.3 Å². The number of hydrogen-bond acceptors (Lipinski definition) is 4. The maximum Gasteiger partial charge on any atom is 0.147 e. The normalized spacial score (nSPS) is 23.9. The van der Waals surface area contributed by atoms with Crippen molar-refractivity contribution in [2.24, 2.45) is 5.92 Å². The lowest BCUT2D eigenvalue weighted by Crippen LogP contribution is -2.34. The molecule has 4 nitrogen and oxygen atoms in total. The Bertz CT molecular complexity index is 428. The molecule has 1 aromatic rings. The molecule has 1 saturated carbocycles. The van der Waals surface area contributed by atoms with E-state index in [9.17, 15) is 5.11 Å². The van der Waals surface area contributed by atoms with Crippen molar-refractivity contribution in [1.82, 2.24) is 4.98 Å². The molecule has 0 saturated heterocycles. The van der Waals surface area contributed by atoms with Crippen LogP contribution in [-0.2, 0) is 0 Å². The van der Waals surface area contributed by atoms with Crippen LogP contribution in [-0.4, -0.2) is 22.7 Å². The van der Waals surface area contributed by atoms with E-state index in [0.29, 0.717) is 15.9 Å². The van der Waals surface area contributed by atoms with Gasteiger partial charge in [-0.2, -0.15) is 0 Å². The van der Waals surface area contributed by atoms with Crippen molar-refractivity contribution in [3.05, 3.63) is 16.1 Å². The number of halogens is 2. The highest BCUT2D eigenvalue weighted by atomic mass is 35.5. The molecule has 18 heavy (non-hydrogen) atoms. The van der Waals surface area contributed by atoms with Gasteiger partial charge in [0.25, 0.3) is 0 Å². The molecule has 1 heterocycles. The Morgan fingerprint density at radius 3 is 2.78 bits per heavy atom.